The van der Waals surface area contributed by atoms with Gasteiger partial charge in [-0.1, -0.05) is 0 Å². The zero-order valence-corrected chi connectivity index (χ0v) is 21.1. The molecule has 0 aliphatic carbocycles. The van der Waals surface area contributed by atoms with E-state index in [1.165, 1.54) is 23.0 Å². The number of hydrogen-bond acceptors (Lipinski definition) is 12. The summed E-state index contributed by atoms with van der Waals surface area (Å²) < 4.78 is 84.6. The molecule has 1 aliphatic rings. The molecular weight excluding hydrogens is 580 g/mol. The summed E-state index contributed by atoms with van der Waals surface area (Å²) in [4.78, 5) is 22.8. The number of hydrogen-bond donors (Lipinski definition) is 0. The van der Waals surface area contributed by atoms with Crippen LogP contribution in [0.4, 0.5) is 18.4 Å². The van der Waals surface area contributed by atoms with Crippen LogP contribution in [0.1, 0.15) is 34.6 Å². The lowest BCUT2D eigenvalue weighted by Gasteiger charge is -2.28. The van der Waals surface area contributed by atoms with Crippen LogP contribution in [-0.4, -0.2) is 68.9 Å². The molecule has 0 aromatic carbocycles. The zero-order chi connectivity index (χ0) is 24.6. The van der Waals surface area contributed by atoms with Crippen LogP contribution in [-0.2, 0) is 44.9 Å². The summed E-state index contributed by atoms with van der Waals surface area (Å²) in [5.74, 6) is -2.86. The van der Waals surface area contributed by atoms with Crippen molar-refractivity contribution in [2.24, 2.45) is 0 Å². The quantitative estimate of drug-likeness (QED) is 0.135. The van der Waals surface area contributed by atoms with Gasteiger partial charge in [0.1, 0.15) is 29.6 Å². The molecule has 0 spiro atoms. The molecular formula is C16H26F2IO12P. The third kappa shape index (κ3) is 9.57. The van der Waals surface area contributed by atoms with Crippen LogP contribution in [0, 0.1) is 0 Å². The van der Waals surface area contributed by atoms with Crippen molar-refractivity contribution in [3.63, 3.8) is 0 Å². The van der Waals surface area contributed by atoms with Crippen LogP contribution >= 0.6 is 30.8 Å². The number of carbonyl (C=O) groups is 2. The zero-order valence-electron chi connectivity index (χ0n) is 18.0. The van der Waals surface area contributed by atoms with Gasteiger partial charge in [-0.05, 0) is 34.6 Å². The lowest BCUT2D eigenvalue weighted by molar-refractivity contribution is -0.170. The van der Waals surface area contributed by atoms with Crippen molar-refractivity contribution < 1.29 is 63.3 Å². The number of halogens is 3. The first kappa shape index (κ1) is 29.2. The van der Waals surface area contributed by atoms with Crippen LogP contribution in [0.15, 0.2) is 0 Å². The van der Waals surface area contributed by atoms with E-state index in [1.54, 1.807) is 27.7 Å². The van der Waals surface area contributed by atoms with Crippen molar-refractivity contribution in [2.45, 2.75) is 64.5 Å². The average molecular weight is 606 g/mol. The number of rotatable bonds is 12. The molecule has 0 aromatic heterocycles. The van der Waals surface area contributed by atoms with Gasteiger partial charge in [0.15, 0.2) is 11.8 Å². The minimum absolute atomic E-state index is 0.506. The summed E-state index contributed by atoms with van der Waals surface area (Å²) in [5.41, 5.74) is -2.21. The van der Waals surface area contributed by atoms with Gasteiger partial charge in [0.25, 0.3) is 5.85 Å². The van der Waals surface area contributed by atoms with E-state index >= 15 is 4.39 Å². The average Bonchev–Trinajstić information content (AvgIpc) is 2.88. The highest BCUT2D eigenvalue weighted by Gasteiger charge is 2.60. The Bertz CT molecular complexity index is 647. The Hall–Kier alpha value is -0.840. The SMILES string of the molecule is CC(C)OC(=O)OCOP(=O)(OCOC(=O)OC(C)C)OC[C@@]1(F)OC[C@](C)(F)[C@@H]1OI. The molecule has 0 amide bonds. The maximum absolute atomic E-state index is 15.0. The third-order valence-corrected chi connectivity index (χ3v) is 5.28. The number of alkyl halides is 2. The third-order valence-electron chi connectivity index (χ3n) is 3.48. The molecule has 1 aliphatic heterocycles. The Kier molecular flexibility index (Phi) is 11.5. The molecule has 1 heterocycles. The topological polar surface area (TPSA) is 134 Å². The predicted molar refractivity (Wildman–Crippen MR) is 109 cm³/mol. The first-order valence-corrected chi connectivity index (χ1v) is 11.6. The molecule has 1 saturated heterocycles. The van der Waals surface area contributed by atoms with Crippen molar-refractivity contribution in [3.8, 4) is 0 Å². The van der Waals surface area contributed by atoms with Gasteiger partial charge in [0.05, 0.1) is 18.8 Å². The minimum Gasteiger partial charge on any atom is -0.432 e. The molecule has 0 bridgehead atoms. The molecule has 1 fully saturated rings. The van der Waals surface area contributed by atoms with E-state index in [0.717, 1.165) is 6.92 Å². The predicted octanol–water partition coefficient (Wildman–Crippen LogP) is 4.34. The lowest BCUT2D eigenvalue weighted by atomic mass is 10.00. The van der Waals surface area contributed by atoms with Gasteiger partial charge in [-0.3, -0.25) is 4.52 Å². The highest BCUT2D eigenvalue weighted by Crippen LogP contribution is 2.52. The van der Waals surface area contributed by atoms with Gasteiger partial charge >= 0.3 is 20.1 Å². The van der Waals surface area contributed by atoms with Crippen molar-refractivity contribution >= 4 is 43.1 Å². The Morgan fingerprint density at radius 2 is 1.50 bits per heavy atom. The smallest absolute Gasteiger partial charge is 0.432 e. The highest BCUT2D eigenvalue weighted by atomic mass is 127. The van der Waals surface area contributed by atoms with Gasteiger partial charge in [-0.2, -0.15) is 0 Å². The number of carbonyl (C=O) groups excluding carboxylic acids is 2. The Labute approximate surface area is 197 Å². The van der Waals surface area contributed by atoms with Crippen molar-refractivity contribution in [3.05, 3.63) is 0 Å². The molecule has 0 N–H and O–H groups in total. The molecule has 188 valence electrons. The summed E-state index contributed by atoms with van der Waals surface area (Å²) in [7, 11) is -4.74. The fourth-order valence-electron chi connectivity index (χ4n) is 2.15. The van der Waals surface area contributed by atoms with E-state index in [-0.39, 0.29) is 0 Å². The molecule has 16 heteroatoms. The van der Waals surface area contributed by atoms with Crippen molar-refractivity contribution in [1.29, 1.82) is 0 Å². The second-order valence-electron chi connectivity index (χ2n) is 7.16. The molecule has 0 aromatic rings. The van der Waals surface area contributed by atoms with Gasteiger partial charge in [-0.15, -0.1) is 0 Å². The second kappa shape index (κ2) is 12.6. The van der Waals surface area contributed by atoms with Gasteiger partial charge in [0, 0.05) is 0 Å². The highest BCUT2D eigenvalue weighted by molar-refractivity contribution is 14.1. The number of phosphoric ester groups is 1. The largest absolute Gasteiger partial charge is 0.510 e. The molecule has 0 unspecified atom stereocenters. The summed E-state index contributed by atoms with van der Waals surface area (Å²) >= 11 is 1.29. The first-order chi connectivity index (χ1) is 14.7. The van der Waals surface area contributed by atoms with E-state index in [0.29, 0.717) is 0 Å². The molecule has 3 atom stereocenters. The normalized spacial score (nSPS) is 25.8. The van der Waals surface area contributed by atoms with Gasteiger partial charge < -0.3 is 26.8 Å². The van der Waals surface area contributed by atoms with Crippen molar-refractivity contribution in [1.82, 2.24) is 0 Å². The second-order valence-corrected chi connectivity index (χ2v) is 9.34. The van der Waals surface area contributed by atoms with Crippen LogP contribution in [0.2, 0.25) is 0 Å². The monoisotopic (exact) mass is 606 g/mol. The summed E-state index contributed by atoms with van der Waals surface area (Å²) in [6.45, 7) is 3.45. The van der Waals surface area contributed by atoms with Crippen molar-refractivity contribution in [2.75, 3.05) is 26.8 Å². The fourth-order valence-corrected chi connectivity index (χ4v) is 3.98. The summed E-state index contributed by atoms with van der Waals surface area (Å²) in [6, 6.07) is 0. The maximum Gasteiger partial charge on any atom is 0.510 e. The number of phosphoric acid groups is 1. The standard InChI is InChI=1S/C16H26F2IO12P/c1-10(2)29-13(20)23-8-27-32(22,28-9-24-14(21)30-11(3)4)26-7-16(18)12(31-19)15(5,17)6-25-16/h10-12H,6-9H2,1-5H3/t12-,15-,16+/m0/s1. The summed E-state index contributed by atoms with van der Waals surface area (Å²) in [6.07, 6.45) is -5.06. The molecule has 1 rings (SSSR count). The van der Waals surface area contributed by atoms with E-state index in [1.807, 2.05) is 0 Å². The van der Waals surface area contributed by atoms with E-state index in [9.17, 15) is 18.5 Å². The maximum atomic E-state index is 15.0. The molecule has 0 radical (unpaired) electrons. The van der Waals surface area contributed by atoms with E-state index in [2.05, 4.69) is 18.9 Å². The molecule has 0 saturated carbocycles. The van der Waals surface area contributed by atoms with Crippen LogP contribution in [0.3, 0.4) is 0 Å². The first-order valence-electron chi connectivity index (χ1n) is 9.22. The Morgan fingerprint density at radius 1 is 1.03 bits per heavy atom. The molecule has 32 heavy (non-hydrogen) atoms. The van der Waals surface area contributed by atoms with Crippen LogP contribution < -0.4 is 0 Å². The minimum atomic E-state index is -4.74. The van der Waals surface area contributed by atoms with Crippen LogP contribution in [0.5, 0.6) is 0 Å². The fraction of sp³-hybridized carbons (Fsp3) is 0.875. The van der Waals surface area contributed by atoms with E-state index in [4.69, 9.17) is 21.4 Å². The van der Waals surface area contributed by atoms with E-state index < -0.39 is 76.8 Å². The number of ether oxygens (including phenoxy) is 5. The van der Waals surface area contributed by atoms with Gasteiger partial charge in [0.2, 0.25) is 13.6 Å². The van der Waals surface area contributed by atoms with Gasteiger partial charge in [-0.25, -0.2) is 32.0 Å². The molecule has 12 nitrogen and oxygen atoms in total. The Balaban J connectivity index is 2.76. The Morgan fingerprint density at radius 3 is 1.91 bits per heavy atom. The van der Waals surface area contributed by atoms with Crippen LogP contribution in [0.25, 0.3) is 0 Å². The lowest BCUT2D eigenvalue weighted by Crippen LogP contribution is -2.46. The summed E-state index contributed by atoms with van der Waals surface area (Å²) in [5, 5.41) is 0.